The minimum absolute atomic E-state index is 0.0488. The predicted octanol–water partition coefficient (Wildman–Crippen LogP) is 1.18. The van der Waals surface area contributed by atoms with Crippen LogP contribution in [0.4, 0.5) is 15.8 Å². The zero-order valence-electron chi connectivity index (χ0n) is 14.3. The maximum Gasteiger partial charge on any atom is 0.279 e. The summed E-state index contributed by atoms with van der Waals surface area (Å²) in [5.41, 5.74) is 1.72. The average Bonchev–Trinajstić information content (AvgIpc) is 2.64. The van der Waals surface area contributed by atoms with Crippen LogP contribution in [-0.4, -0.2) is 45.7 Å². The van der Waals surface area contributed by atoms with Crippen LogP contribution in [0.2, 0.25) is 0 Å². The van der Waals surface area contributed by atoms with Gasteiger partial charge in [-0.05, 0) is 36.4 Å². The highest BCUT2D eigenvalue weighted by Crippen LogP contribution is 2.27. The fourth-order valence-corrected chi connectivity index (χ4v) is 3.10. The number of quaternary nitrogens is 1. The van der Waals surface area contributed by atoms with E-state index in [-0.39, 0.29) is 11.7 Å². The molecule has 132 valence electrons. The lowest BCUT2D eigenvalue weighted by molar-refractivity contribution is -0.892. The van der Waals surface area contributed by atoms with E-state index in [9.17, 15) is 9.18 Å². The van der Waals surface area contributed by atoms with E-state index in [0.29, 0.717) is 12.2 Å². The molecule has 0 aliphatic carbocycles. The highest BCUT2D eigenvalue weighted by molar-refractivity contribution is 5.91. The van der Waals surface area contributed by atoms with Crippen LogP contribution in [0.5, 0.6) is 5.75 Å². The lowest BCUT2D eigenvalue weighted by atomic mass is 10.2. The molecule has 2 N–H and O–H groups in total. The smallest absolute Gasteiger partial charge is 0.279 e. The van der Waals surface area contributed by atoms with Crippen molar-refractivity contribution in [2.45, 2.75) is 0 Å². The summed E-state index contributed by atoms with van der Waals surface area (Å²) in [7, 11) is 1.68. The third-order valence-corrected chi connectivity index (χ3v) is 4.43. The van der Waals surface area contributed by atoms with Gasteiger partial charge >= 0.3 is 0 Å². The van der Waals surface area contributed by atoms with Gasteiger partial charge in [0, 0.05) is 5.69 Å². The van der Waals surface area contributed by atoms with Crippen LogP contribution in [0.3, 0.4) is 0 Å². The van der Waals surface area contributed by atoms with Gasteiger partial charge in [-0.25, -0.2) is 4.39 Å². The molecule has 1 aliphatic heterocycles. The van der Waals surface area contributed by atoms with Crippen molar-refractivity contribution in [3.05, 3.63) is 54.3 Å². The molecule has 1 saturated heterocycles. The molecular weight excluding hydrogens is 321 g/mol. The molecule has 2 aromatic rings. The summed E-state index contributed by atoms with van der Waals surface area (Å²) >= 11 is 0. The van der Waals surface area contributed by atoms with Gasteiger partial charge in [-0.2, -0.15) is 0 Å². The second-order valence-corrected chi connectivity index (χ2v) is 6.14. The number of halogens is 1. The van der Waals surface area contributed by atoms with E-state index in [0.717, 1.165) is 37.6 Å². The molecule has 2 aromatic carbocycles. The second-order valence-electron chi connectivity index (χ2n) is 6.14. The summed E-state index contributed by atoms with van der Waals surface area (Å²) in [5.74, 6) is 0.517. The monoisotopic (exact) mass is 344 g/mol. The van der Waals surface area contributed by atoms with Crippen LogP contribution in [-0.2, 0) is 4.79 Å². The molecule has 1 aliphatic rings. The lowest BCUT2D eigenvalue weighted by Gasteiger charge is -2.34. The number of para-hydroxylation sites is 2. The SMILES string of the molecule is COc1ccccc1N1CC[NH+](CC(=O)Nc2ccc(F)cc2)CC1. The highest BCUT2D eigenvalue weighted by atomic mass is 19.1. The molecule has 25 heavy (non-hydrogen) atoms. The molecule has 5 nitrogen and oxygen atoms in total. The average molecular weight is 344 g/mol. The fourth-order valence-electron chi connectivity index (χ4n) is 3.10. The molecule has 0 atom stereocenters. The third-order valence-electron chi connectivity index (χ3n) is 4.43. The number of anilines is 2. The largest absolute Gasteiger partial charge is 0.495 e. The number of carbonyl (C=O) groups is 1. The van der Waals surface area contributed by atoms with Crippen molar-refractivity contribution < 1.29 is 18.8 Å². The second kappa shape index (κ2) is 7.98. The quantitative estimate of drug-likeness (QED) is 0.856. The first kappa shape index (κ1) is 17.2. The van der Waals surface area contributed by atoms with E-state index < -0.39 is 0 Å². The molecule has 0 saturated carbocycles. The zero-order valence-corrected chi connectivity index (χ0v) is 14.3. The first-order valence-electron chi connectivity index (χ1n) is 8.42. The summed E-state index contributed by atoms with van der Waals surface area (Å²) in [5, 5.41) is 2.82. The molecule has 1 amide bonds. The van der Waals surface area contributed by atoms with Gasteiger partial charge in [0.25, 0.3) is 5.91 Å². The molecule has 0 bridgehead atoms. The zero-order chi connectivity index (χ0) is 17.6. The third kappa shape index (κ3) is 4.48. The Morgan fingerprint density at radius 2 is 1.84 bits per heavy atom. The number of hydrogen-bond donors (Lipinski definition) is 2. The number of rotatable bonds is 5. The Kier molecular flexibility index (Phi) is 5.50. The Bertz CT molecular complexity index is 713. The molecule has 0 radical (unpaired) electrons. The van der Waals surface area contributed by atoms with Crippen molar-refractivity contribution >= 4 is 17.3 Å². The normalized spacial score (nSPS) is 15.0. The summed E-state index contributed by atoms with van der Waals surface area (Å²) in [4.78, 5) is 15.7. The molecule has 1 fully saturated rings. The van der Waals surface area contributed by atoms with Gasteiger partial charge in [0.05, 0.1) is 39.0 Å². The van der Waals surface area contributed by atoms with E-state index in [1.165, 1.54) is 17.0 Å². The molecule has 0 aromatic heterocycles. The maximum absolute atomic E-state index is 12.9. The van der Waals surface area contributed by atoms with Crippen LogP contribution in [0.25, 0.3) is 0 Å². The Labute approximate surface area is 147 Å². The summed E-state index contributed by atoms with van der Waals surface area (Å²) in [6.45, 7) is 3.93. The van der Waals surface area contributed by atoms with Gasteiger partial charge in [0.2, 0.25) is 0 Å². The van der Waals surface area contributed by atoms with E-state index >= 15 is 0 Å². The number of hydrogen-bond acceptors (Lipinski definition) is 3. The van der Waals surface area contributed by atoms with Crippen LogP contribution in [0.1, 0.15) is 0 Å². The topological polar surface area (TPSA) is 46.0 Å². The number of piperazine rings is 1. The van der Waals surface area contributed by atoms with Gasteiger partial charge in [-0.3, -0.25) is 4.79 Å². The standard InChI is InChI=1S/C19H22FN3O2/c1-25-18-5-3-2-4-17(18)23-12-10-22(11-13-23)14-19(24)21-16-8-6-15(20)7-9-16/h2-9H,10-14H2,1H3,(H,21,24)/p+1. The molecule has 1 heterocycles. The Morgan fingerprint density at radius 1 is 1.16 bits per heavy atom. The summed E-state index contributed by atoms with van der Waals surface area (Å²) in [6, 6.07) is 13.8. The van der Waals surface area contributed by atoms with E-state index in [1.54, 1.807) is 19.2 Å². The highest BCUT2D eigenvalue weighted by Gasteiger charge is 2.23. The molecule has 6 heteroatoms. The van der Waals surface area contributed by atoms with Crippen LogP contribution >= 0.6 is 0 Å². The number of methoxy groups -OCH3 is 1. The van der Waals surface area contributed by atoms with Crippen molar-refractivity contribution in [1.29, 1.82) is 0 Å². The summed E-state index contributed by atoms with van der Waals surface area (Å²) in [6.07, 6.45) is 0. The minimum atomic E-state index is -0.309. The molecule has 3 rings (SSSR count). The van der Waals surface area contributed by atoms with Crippen molar-refractivity contribution in [3.8, 4) is 5.75 Å². The maximum atomic E-state index is 12.9. The number of ether oxygens (including phenoxy) is 1. The van der Waals surface area contributed by atoms with Crippen molar-refractivity contribution in [1.82, 2.24) is 0 Å². The van der Waals surface area contributed by atoms with E-state index in [2.05, 4.69) is 16.3 Å². The number of nitrogens with zero attached hydrogens (tertiary/aromatic N) is 1. The van der Waals surface area contributed by atoms with E-state index in [4.69, 9.17) is 4.74 Å². The fraction of sp³-hybridized carbons (Fsp3) is 0.316. The molecule has 0 unspecified atom stereocenters. The Balaban J connectivity index is 1.50. The predicted molar refractivity (Wildman–Crippen MR) is 95.8 cm³/mol. The lowest BCUT2D eigenvalue weighted by Crippen LogP contribution is -3.15. The van der Waals surface area contributed by atoms with Gasteiger partial charge in [0.15, 0.2) is 6.54 Å². The minimum Gasteiger partial charge on any atom is -0.495 e. The number of carbonyl (C=O) groups excluding carboxylic acids is 1. The number of benzene rings is 2. The van der Waals surface area contributed by atoms with Crippen molar-refractivity contribution in [2.24, 2.45) is 0 Å². The van der Waals surface area contributed by atoms with Crippen molar-refractivity contribution in [3.63, 3.8) is 0 Å². The first-order chi connectivity index (χ1) is 12.2. The molecule has 0 spiro atoms. The Hall–Kier alpha value is -2.60. The summed E-state index contributed by atoms with van der Waals surface area (Å²) < 4.78 is 18.3. The van der Waals surface area contributed by atoms with Crippen molar-refractivity contribution in [2.75, 3.05) is 50.1 Å². The first-order valence-corrected chi connectivity index (χ1v) is 8.42. The van der Waals surface area contributed by atoms with Crippen LogP contribution in [0, 0.1) is 5.82 Å². The number of nitrogens with one attached hydrogen (secondary N) is 2. The number of amides is 1. The van der Waals surface area contributed by atoms with Crippen LogP contribution in [0.15, 0.2) is 48.5 Å². The van der Waals surface area contributed by atoms with Gasteiger partial charge in [0.1, 0.15) is 11.6 Å². The molecular formula is C19H23FN3O2+. The van der Waals surface area contributed by atoms with Gasteiger partial charge in [-0.15, -0.1) is 0 Å². The van der Waals surface area contributed by atoms with E-state index in [1.807, 2.05) is 18.2 Å². The van der Waals surface area contributed by atoms with Gasteiger partial charge in [-0.1, -0.05) is 12.1 Å². The Morgan fingerprint density at radius 3 is 2.52 bits per heavy atom. The van der Waals surface area contributed by atoms with Gasteiger partial charge < -0.3 is 19.9 Å². The van der Waals surface area contributed by atoms with Crippen LogP contribution < -0.4 is 19.9 Å².